The Morgan fingerprint density at radius 2 is 0.607 bits per heavy atom. The quantitative estimate of drug-likeness (QED) is 0.143. The van der Waals surface area contributed by atoms with E-state index in [0.29, 0.717) is 0 Å². The van der Waals surface area contributed by atoms with Gasteiger partial charge in [-0.05, 0) is 5.92 Å². The molecular formula is C28H58. The highest BCUT2D eigenvalue weighted by Gasteiger charge is 1.98. The molecule has 0 bridgehead atoms. The Kier molecular flexibility index (Phi) is 25.0. The molecule has 0 spiro atoms. The molecule has 0 radical (unpaired) electrons. The summed E-state index contributed by atoms with van der Waals surface area (Å²) >= 11 is 0. The molecule has 0 amide bonds. The summed E-state index contributed by atoms with van der Waals surface area (Å²) < 4.78 is 0. The van der Waals surface area contributed by atoms with Gasteiger partial charge in [-0.2, -0.15) is 0 Å². The van der Waals surface area contributed by atoms with E-state index in [1.54, 1.807) is 0 Å². The van der Waals surface area contributed by atoms with Gasteiger partial charge in [0.25, 0.3) is 0 Å². The predicted octanol–water partition coefficient (Wildman–Crippen LogP) is 11.0. The van der Waals surface area contributed by atoms with Crippen LogP contribution in [0.15, 0.2) is 0 Å². The van der Waals surface area contributed by atoms with Gasteiger partial charge >= 0.3 is 0 Å². The molecule has 0 fully saturated rings. The molecule has 0 aliphatic carbocycles. The maximum absolute atomic E-state index is 2.40. The highest BCUT2D eigenvalue weighted by Crippen LogP contribution is 2.16. The molecule has 0 aromatic carbocycles. The molecule has 0 aliphatic rings. The minimum Gasteiger partial charge on any atom is -0.0654 e. The molecule has 0 heterocycles. The van der Waals surface area contributed by atoms with Crippen LogP contribution in [0.5, 0.6) is 0 Å². The SMILES string of the molecule is CCCCCCCCCCCCCCCCCCCCCCCC[C@@H](C)CC. The third-order valence-electron chi connectivity index (χ3n) is 6.75. The van der Waals surface area contributed by atoms with Gasteiger partial charge in [0.05, 0.1) is 0 Å². The molecule has 170 valence electrons. The Bertz CT molecular complexity index is 257. The lowest BCUT2D eigenvalue weighted by Gasteiger charge is -2.07. The van der Waals surface area contributed by atoms with Crippen molar-refractivity contribution in [3.63, 3.8) is 0 Å². The van der Waals surface area contributed by atoms with E-state index < -0.39 is 0 Å². The van der Waals surface area contributed by atoms with Crippen molar-refractivity contribution in [2.75, 3.05) is 0 Å². The molecule has 0 unspecified atom stereocenters. The van der Waals surface area contributed by atoms with Crippen molar-refractivity contribution in [1.82, 2.24) is 0 Å². The molecule has 28 heavy (non-hydrogen) atoms. The van der Waals surface area contributed by atoms with Gasteiger partial charge in [0.1, 0.15) is 0 Å². The normalized spacial score (nSPS) is 12.5. The summed E-state index contributed by atoms with van der Waals surface area (Å²) in [6.07, 6.45) is 35.4. The first-order valence-corrected chi connectivity index (χ1v) is 13.8. The van der Waals surface area contributed by atoms with Crippen molar-refractivity contribution < 1.29 is 0 Å². The van der Waals surface area contributed by atoms with Crippen LogP contribution in [0.1, 0.15) is 175 Å². The third-order valence-corrected chi connectivity index (χ3v) is 6.75. The molecule has 0 aliphatic heterocycles. The van der Waals surface area contributed by atoms with Crippen LogP contribution in [0.25, 0.3) is 0 Å². The van der Waals surface area contributed by atoms with E-state index in [2.05, 4.69) is 20.8 Å². The van der Waals surface area contributed by atoms with E-state index in [0.717, 1.165) is 5.92 Å². The van der Waals surface area contributed by atoms with Crippen LogP contribution in [0.2, 0.25) is 0 Å². The summed E-state index contributed by atoms with van der Waals surface area (Å²) in [6, 6.07) is 0. The number of hydrogen-bond acceptors (Lipinski definition) is 0. The van der Waals surface area contributed by atoms with Crippen LogP contribution in [-0.4, -0.2) is 0 Å². The van der Waals surface area contributed by atoms with Gasteiger partial charge in [-0.1, -0.05) is 175 Å². The van der Waals surface area contributed by atoms with Crippen LogP contribution >= 0.6 is 0 Å². The topological polar surface area (TPSA) is 0 Å². The summed E-state index contributed by atoms with van der Waals surface area (Å²) in [4.78, 5) is 0. The standard InChI is InChI=1S/C28H58/c1-4-6-7-8-9-10-11-12-13-14-15-16-17-18-19-20-21-22-23-24-25-26-27-28(3)5-2/h28H,4-27H2,1-3H3/t28-/m0/s1. The summed E-state index contributed by atoms with van der Waals surface area (Å²) in [6.45, 7) is 7.03. The Hall–Kier alpha value is 0. The fraction of sp³-hybridized carbons (Fsp3) is 1.00. The second-order valence-electron chi connectivity index (χ2n) is 9.73. The lowest BCUT2D eigenvalue weighted by atomic mass is 9.99. The molecule has 0 nitrogen and oxygen atoms in total. The van der Waals surface area contributed by atoms with Crippen LogP contribution in [0.3, 0.4) is 0 Å². The van der Waals surface area contributed by atoms with Crippen molar-refractivity contribution in [1.29, 1.82) is 0 Å². The zero-order chi connectivity index (χ0) is 20.5. The van der Waals surface area contributed by atoms with Gasteiger partial charge in [-0.15, -0.1) is 0 Å². The molecule has 0 rings (SSSR count). The number of rotatable bonds is 24. The third kappa shape index (κ3) is 24.0. The van der Waals surface area contributed by atoms with Crippen molar-refractivity contribution in [2.24, 2.45) is 5.92 Å². The van der Waals surface area contributed by atoms with E-state index >= 15 is 0 Å². The second kappa shape index (κ2) is 25.0. The van der Waals surface area contributed by atoms with Crippen LogP contribution in [0.4, 0.5) is 0 Å². The highest BCUT2D eigenvalue weighted by molar-refractivity contribution is 4.53. The Balaban J connectivity index is 3.00. The molecule has 0 heteroatoms. The lowest BCUT2D eigenvalue weighted by Crippen LogP contribution is -1.91. The Labute approximate surface area is 181 Å². The van der Waals surface area contributed by atoms with E-state index in [-0.39, 0.29) is 0 Å². The van der Waals surface area contributed by atoms with E-state index in [1.165, 1.54) is 154 Å². The summed E-state index contributed by atoms with van der Waals surface area (Å²) in [5.41, 5.74) is 0. The Morgan fingerprint density at radius 3 is 0.857 bits per heavy atom. The monoisotopic (exact) mass is 394 g/mol. The molecular weight excluding hydrogens is 336 g/mol. The van der Waals surface area contributed by atoms with Crippen molar-refractivity contribution in [3.8, 4) is 0 Å². The fourth-order valence-electron chi connectivity index (χ4n) is 4.31. The average Bonchev–Trinajstić information content (AvgIpc) is 2.71. The summed E-state index contributed by atoms with van der Waals surface area (Å²) in [5.74, 6) is 0.949. The molecule has 1 atom stereocenters. The van der Waals surface area contributed by atoms with Gasteiger partial charge in [0, 0.05) is 0 Å². The van der Waals surface area contributed by atoms with Gasteiger partial charge in [-0.3, -0.25) is 0 Å². The van der Waals surface area contributed by atoms with E-state index in [1.807, 2.05) is 0 Å². The predicted molar refractivity (Wildman–Crippen MR) is 131 cm³/mol. The Morgan fingerprint density at radius 1 is 0.357 bits per heavy atom. The highest BCUT2D eigenvalue weighted by atomic mass is 14.0. The summed E-state index contributed by atoms with van der Waals surface area (Å²) in [7, 11) is 0. The molecule has 0 saturated heterocycles. The summed E-state index contributed by atoms with van der Waals surface area (Å²) in [5, 5.41) is 0. The van der Waals surface area contributed by atoms with Crippen molar-refractivity contribution in [3.05, 3.63) is 0 Å². The molecule has 0 aromatic rings. The fourth-order valence-corrected chi connectivity index (χ4v) is 4.31. The van der Waals surface area contributed by atoms with Gasteiger partial charge < -0.3 is 0 Å². The van der Waals surface area contributed by atoms with Crippen molar-refractivity contribution in [2.45, 2.75) is 175 Å². The first-order chi connectivity index (χ1) is 13.8. The van der Waals surface area contributed by atoms with E-state index in [4.69, 9.17) is 0 Å². The maximum atomic E-state index is 2.40. The smallest absolute Gasteiger partial charge is 0.0445 e. The molecule has 0 aromatic heterocycles. The second-order valence-corrected chi connectivity index (χ2v) is 9.73. The van der Waals surface area contributed by atoms with Gasteiger partial charge in [-0.25, -0.2) is 0 Å². The minimum atomic E-state index is 0.949. The molecule has 0 N–H and O–H groups in total. The number of unbranched alkanes of at least 4 members (excludes halogenated alkanes) is 21. The van der Waals surface area contributed by atoms with Gasteiger partial charge in [0.15, 0.2) is 0 Å². The largest absolute Gasteiger partial charge is 0.0654 e. The average molecular weight is 395 g/mol. The lowest BCUT2D eigenvalue weighted by molar-refractivity contribution is 0.468. The van der Waals surface area contributed by atoms with Crippen LogP contribution in [-0.2, 0) is 0 Å². The maximum Gasteiger partial charge on any atom is -0.0445 e. The van der Waals surface area contributed by atoms with Crippen LogP contribution < -0.4 is 0 Å². The van der Waals surface area contributed by atoms with E-state index in [9.17, 15) is 0 Å². The zero-order valence-corrected chi connectivity index (χ0v) is 20.5. The van der Waals surface area contributed by atoms with Crippen LogP contribution in [0, 0.1) is 5.92 Å². The van der Waals surface area contributed by atoms with Gasteiger partial charge in [0.2, 0.25) is 0 Å². The first-order valence-electron chi connectivity index (χ1n) is 13.8. The first kappa shape index (κ1) is 28.0. The van der Waals surface area contributed by atoms with Crippen molar-refractivity contribution >= 4 is 0 Å². The molecule has 0 saturated carbocycles. The number of hydrogen-bond donors (Lipinski definition) is 0. The zero-order valence-electron chi connectivity index (χ0n) is 20.5. The minimum absolute atomic E-state index is 0.949.